The van der Waals surface area contributed by atoms with Gasteiger partial charge in [0.05, 0.1) is 0 Å². The molecule has 0 bridgehead atoms. The van der Waals surface area contributed by atoms with Crippen molar-refractivity contribution in [2.75, 3.05) is 19.6 Å². The first-order valence-corrected chi connectivity index (χ1v) is 7.77. The number of unbranched alkanes of at least 4 members (excludes halogenated alkanes) is 1. The molecule has 0 radical (unpaired) electrons. The summed E-state index contributed by atoms with van der Waals surface area (Å²) in [5.41, 5.74) is 0.429. The zero-order valence-electron chi connectivity index (χ0n) is 12.8. The summed E-state index contributed by atoms with van der Waals surface area (Å²) in [6.07, 6.45) is 6.07. The summed E-state index contributed by atoms with van der Waals surface area (Å²) in [6.45, 7) is 6.71. The second-order valence-corrected chi connectivity index (χ2v) is 5.78. The number of likely N-dealkylation sites (tertiary alicyclic amines) is 1. The van der Waals surface area contributed by atoms with Crippen molar-refractivity contribution >= 4 is 12.0 Å². The quantitative estimate of drug-likeness (QED) is 0.706. The van der Waals surface area contributed by atoms with E-state index >= 15 is 0 Å². The highest BCUT2D eigenvalue weighted by Gasteiger charge is 2.32. The first kappa shape index (κ1) is 16.8. The topological polar surface area (TPSA) is 69.6 Å². The molecule has 1 rings (SSSR count). The van der Waals surface area contributed by atoms with E-state index in [2.05, 4.69) is 19.2 Å². The third-order valence-electron chi connectivity index (χ3n) is 4.70. The van der Waals surface area contributed by atoms with Crippen LogP contribution in [0.15, 0.2) is 0 Å². The van der Waals surface area contributed by atoms with E-state index in [0.717, 1.165) is 32.4 Å². The van der Waals surface area contributed by atoms with Crippen LogP contribution in [0.25, 0.3) is 0 Å². The van der Waals surface area contributed by atoms with E-state index in [9.17, 15) is 9.59 Å². The number of nitrogens with zero attached hydrogens (tertiary/aromatic N) is 1. The van der Waals surface area contributed by atoms with E-state index < -0.39 is 5.97 Å². The van der Waals surface area contributed by atoms with Gasteiger partial charge in [-0.3, -0.25) is 4.79 Å². The zero-order chi connectivity index (χ0) is 15.0. The molecule has 2 amide bonds. The maximum Gasteiger partial charge on any atom is 0.317 e. The van der Waals surface area contributed by atoms with Gasteiger partial charge in [-0.2, -0.15) is 0 Å². The first-order valence-electron chi connectivity index (χ1n) is 7.77. The average molecular weight is 284 g/mol. The molecule has 0 aromatic carbocycles. The summed E-state index contributed by atoms with van der Waals surface area (Å²) in [6, 6.07) is 0.00105. The molecule has 1 aliphatic rings. The van der Waals surface area contributed by atoms with Crippen LogP contribution in [0.5, 0.6) is 0 Å². The van der Waals surface area contributed by atoms with Gasteiger partial charge in [0.2, 0.25) is 0 Å². The average Bonchev–Trinajstić information content (AvgIpc) is 2.46. The van der Waals surface area contributed by atoms with Crippen LogP contribution in [0.1, 0.15) is 58.8 Å². The van der Waals surface area contributed by atoms with Gasteiger partial charge >= 0.3 is 12.0 Å². The van der Waals surface area contributed by atoms with Gasteiger partial charge in [0.25, 0.3) is 0 Å². The largest absolute Gasteiger partial charge is 0.481 e. The van der Waals surface area contributed by atoms with E-state index in [1.54, 1.807) is 0 Å². The van der Waals surface area contributed by atoms with Crippen molar-refractivity contribution < 1.29 is 14.7 Å². The Kier molecular flexibility index (Phi) is 6.82. The summed E-state index contributed by atoms with van der Waals surface area (Å²) in [5, 5.41) is 11.4. The van der Waals surface area contributed by atoms with E-state index in [0.29, 0.717) is 18.4 Å². The molecule has 0 aromatic rings. The summed E-state index contributed by atoms with van der Waals surface area (Å²) in [4.78, 5) is 24.2. The summed E-state index contributed by atoms with van der Waals surface area (Å²) in [7, 11) is 0. The molecule has 2 N–H and O–H groups in total. The van der Waals surface area contributed by atoms with Crippen LogP contribution in [0.3, 0.4) is 0 Å². The normalized spacial score (nSPS) is 17.8. The SMILES string of the molecule is CCC1(CC)CCN(C(=O)NCCCCC(=O)O)CC1. The lowest BCUT2D eigenvalue weighted by atomic mass is 9.74. The third-order valence-corrected chi connectivity index (χ3v) is 4.70. The molecule has 0 saturated carbocycles. The molecule has 0 aromatic heterocycles. The molecule has 0 aliphatic carbocycles. The molecule has 5 nitrogen and oxygen atoms in total. The second-order valence-electron chi connectivity index (χ2n) is 5.78. The molecule has 0 unspecified atom stereocenters. The number of rotatable bonds is 7. The highest BCUT2D eigenvalue weighted by Crippen LogP contribution is 2.37. The monoisotopic (exact) mass is 284 g/mol. The highest BCUT2D eigenvalue weighted by atomic mass is 16.4. The molecular formula is C15H28N2O3. The molecule has 0 atom stereocenters. The molecule has 1 heterocycles. The van der Waals surface area contributed by atoms with Crippen LogP contribution < -0.4 is 5.32 Å². The van der Waals surface area contributed by atoms with Crippen molar-refractivity contribution in [2.24, 2.45) is 5.41 Å². The van der Waals surface area contributed by atoms with Crippen molar-refractivity contribution in [3.05, 3.63) is 0 Å². The lowest BCUT2D eigenvalue weighted by molar-refractivity contribution is -0.137. The van der Waals surface area contributed by atoms with Crippen LogP contribution in [-0.2, 0) is 4.79 Å². The fourth-order valence-corrected chi connectivity index (χ4v) is 2.85. The number of carboxylic acids is 1. The molecule has 0 spiro atoms. The highest BCUT2D eigenvalue weighted by molar-refractivity contribution is 5.74. The van der Waals surface area contributed by atoms with Gasteiger partial charge in [-0.25, -0.2) is 4.79 Å². The van der Waals surface area contributed by atoms with Crippen molar-refractivity contribution in [1.82, 2.24) is 10.2 Å². The van der Waals surface area contributed by atoms with Gasteiger partial charge in [-0.1, -0.05) is 26.7 Å². The molecular weight excluding hydrogens is 256 g/mol. The lowest BCUT2D eigenvalue weighted by Gasteiger charge is -2.40. The smallest absolute Gasteiger partial charge is 0.317 e. The minimum Gasteiger partial charge on any atom is -0.481 e. The second kappa shape index (κ2) is 8.12. The van der Waals surface area contributed by atoms with E-state index in [1.165, 1.54) is 12.8 Å². The molecule has 20 heavy (non-hydrogen) atoms. The molecule has 1 saturated heterocycles. The van der Waals surface area contributed by atoms with Gasteiger partial charge in [0, 0.05) is 26.1 Å². The summed E-state index contributed by atoms with van der Waals surface area (Å²) < 4.78 is 0. The Labute approximate surface area is 121 Å². The van der Waals surface area contributed by atoms with E-state index in [4.69, 9.17) is 5.11 Å². The van der Waals surface area contributed by atoms with Crippen molar-refractivity contribution in [3.63, 3.8) is 0 Å². The predicted octanol–water partition coefficient (Wildman–Crippen LogP) is 2.85. The predicted molar refractivity (Wildman–Crippen MR) is 78.7 cm³/mol. The Morgan fingerprint density at radius 2 is 1.75 bits per heavy atom. The molecule has 1 aliphatic heterocycles. The number of piperidine rings is 1. The van der Waals surface area contributed by atoms with Crippen LogP contribution in [-0.4, -0.2) is 41.6 Å². The lowest BCUT2D eigenvalue weighted by Crippen LogP contribution is -2.47. The third kappa shape index (κ3) is 5.02. The van der Waals surface area contributed by atoms with Gasteiger partial charge in [-0.15, -0.1) is 0 Å². The number of hydrogen-bond donors (Lipinski definition) is 2. The van der Waals surface area contributed by atoms with Crippen molar-refractivity contribution in [1.29, 1.82) is 0 Å². The zero-order valence-corrected chi connectivity index (χ0v) is 12.8. The maximum absolute atomic E-state index is 12.0. The molecule has 116 valence electrons. The number of urea groups is 1. The molecule has 5 heteroatoms. The van der Waals surface area contributed by atoms with Crippen LogP contribution in [0.4, 0.5) is 4.79 Å². The van der Waals surface area contributed by atoms with E-state index in [-0.39, 0.29) is 12.5 Å². The van der Waals surface area contributed by atoms with Gasteiger partial charge in [-0.05, 0) is 31.1 Å². The van der Waals surface area contributed by atoms with Crippen LogP contribution >= 0.6 is 0 Å². The van der Waals surface area contributed by atoms with Crippen LogP contribution in [0.2, 0.25) is 0 Å². The summed E-state index contributed by atoms with van der Waals surface area (Å²) >= 11 is 0. The number of nitrogens with one attached hydrogen (secondary N) is 1. The number of carbonyl (C=O) groups is 2. The fourth-order valence-electron chi connectivity index (χ4n) is 2.85. The first-order chi connectivity index (χ1) is 9.53. The standard InChI is InChI=1S/C15H28N2O3/c1-3-15(4-2)8-11-17(12-9-15)14(20)16-10-6-5-7-13(18)19/h3-12H2,1-2H3,(H,16,20)(H,18,19). The van der Waals surface area contributed by atoms with Gasteiger partial charge in [0.1, 0.15) is 0 Å². The van der Waals surface area contributed by atoms with Crippen molar-refractivity contribution in [2.45, 2.75) is 58.8 Å². The summed E-state index contributed by atoms with van der Waals surface area (Å²) in [5.74, 6) is -0.775. The number of aliphatic carboxylic acids is 1. The van der Waals surface area contributed by atoms with Gasteiger partial charge in [0.15, 0.2) is 0 Å². The fraction of sp³-hybridized carbons (Fsp3) is 0.867. The van der Waals surface area contributed by atoms with Crippen molar-refractivity contribution in [3.8, 4) is 0 Å². The molecule has 1 fully saturated rings. The number of amides is 2. The van der Waals surface area contributed by atoms with Gasteiger partial charge < -0.3 is 15.3 Å². The number of carbonyl (C=O) groups excluding carboxylic acids is 1. The Balaban J connectivity index is 2.21. The Bertz CT molecular complexity index is 317. The number of carboxylic acid groups (broad SMARTS) is 1. The Morgan fingerprint density at radius 3 is 2.25 bits per heavy atom. The Hall–Kier alpha value is -1.26. The minimum absolute atomic E-state index is 0.00105. The minimum atomic E-state index is -0.775. The van der Waals surface area contributed by atoms with Crippen LogP contribution in [0, 0.1) is 5.41 Å². The Morgan fingerprint density at radius 1 is 1.15 bits per heavy atom. The van der Waals surface area contributed by atoms with E-state index in [1.807, 2.05) is 4.90 Å². The number of hydrogen-bond acceptors (Lipinski definition) is 2. The maximum atomic E-state index is 12.0.